The van der Waals surface area contributed by atoms with Gasteiger partial charge in [-0.2, -0.15) is 0 Å². The molecule has 0 spiro atoms. The van der Waals surface area contributed by atoms with E-state index in [1.54, 1.807) is 12.1 Å². The molecule has 0 atom stereocenters. The highest BCUT2D eigenvalue weighted by atomic mass is 19.2. The summed E-state index contributed by atoms with van der Waals surface area (Å²) >= 11 is 0. The molecule has 0 radical (unpaired) electrons. The van der Waals surface area contributed by atoms with Crippen LogP contribution in [0.25, 0.3) is 0 Å². The first-order valence-corrected chi connectivity index (χ1v) is 12.9. The molecule has 0 unspecified atom stereocenters. The van der Waals surface area contributed by atoms with Crippen LogP contribution in [0.15, 0.2) is 54.6 Å². The Kier molecular flexibility index (Phi) is 9.07. The normalized spacial score (nSPS) is 14.6. The summed E-state index contributed by atoms with van der Waals surface area (Å²) in [5, 5.41) is 3.03. The number of anilines is 1. The highest BCUT2D eigenvalue weighted by Crippen LogP contribution is 2.33. The first-order chi connectivity index (χ1) is 18.2. The van der Waals surface area contributed by atoms with E-state index in [0.717, 1.165) is 43.7 Å². The second-order valence-corrected chi connectivity index (χ2v) is 10.2. The van der Waals surface area contributed by atoms with Gasteiger partial charge in [0.1, 0.15) is 5.75 Å². The summed E-state index contributed by atoms with van der Waals surface area (Å²) in [5.41, 5.74) is 4.46. The summed E-state index contributed by atoms with van der Waals surface area (Å²) in [7, 11) is 3.91. The van der Waals surface area contributed by atoms with E-state index in [4.69, 9.17) is 4.74 Å². The van der Waals surface area contributed by atoms with Gasteiger partial charge in [0.05, 0.1) is 0 Å². The summed E-state index contributed by atoms with van der Waals surface area (Å²) in [6, 6.07) is 14.5. The maximum Gasteiger partial charge on any atom is 0.225 e. The van der Waals surface area contributed by atoms with Gasteiger partial charge in [-0.1, -0.05) is 18.2 Å². The van der Waals surface area contributed by atoms with Crippen molar-refractivity contribution < 1.29 is 22.7 Å². The second-order valence-electron chi connectivity index (χ2n) is 10.2. The smallest absolute Gasteiger partial charge is 0.225 e. The predicted molar refractivity (Wildman–Crippen MR) is 143 cm³/mol. The molecule has 0 saturated carbocycles. The Morgan fingerprint density at radius 2 is 1.66 bits per heavy atom. The van der Waals surface area contributed by atoms with Crippen molar-refractivity contribution in [2.24, 2.45) is 0 Å². The number of nitrogens with zero attached hydrogens (tertiary/aromatic N) is 2. The summed E-state index contributed by atoms with van der Waals surface area (Å²) in [6.07, 6.45) is 2.51. The number of ether oxygens (including phenoxy) is 1. The Bertz CT molecular complexity index is 1260. The number of carbonyl (C=O) groups excluding carboxylic acids is 1. The largest absolute Gasteiger partial charge is 0.454 e. The third-order valence-electron chi connectivity index (χ3n) is 6.91. The van der Waals surface area contributed by atoms with Crippen molar-refractivity contribution in [3.63, 3.8) is 0 Å². The molecule has 3 aromatic carbocycles. The van der Waals surface area contributed by atoms with E-state index in [1.807, 2.05) is 37.2 Å². The molecule has 38 heavy (non-hydrogen) atoms. The van der Waals surface area contributed by atoms with E-state index in [0.29, 0.717) is 36.8 Å². The van der Waals surface area contributed by atoms with Gasteiger partial charge >= 0.3 is 0 Å². The second kappa shape index (κ2) is 12.5. The molecule has 5 nitrogen and oxygen atoms in total. The van der Waals surface area contributed by atoms with Gasteiger partial charge in [-0.25, -0.2) is 13.2 Å². The van der Waals surface area contributed by atoms with Crippen LogP contribution in [0.5, 0.6) is 11.5 Å². The third kappa shape index (κ3) is 7.36. The topological polar surface area (TPSA) is 44.8 Å². The molecule has 1 amide bonds. The van der Waals surface area contributed by atoms with Crippen LogP contribution >= 0.6 is 0 Å². The summed E-state index contributed by atoms with van der Waals surface area (Å²) in [4.78, 5) is 16.6. The van der Waals surface area contributed by atoms with Gasteiger partial charge in [-0.15, -0.1) is 0 Å². The molecule has 8 heteroatoms. The highest BCUT2D eigenvalue weighted by Gasteiger charge is 2.22. The predicted octanol–water partition coefficient (Wildman–Crippen LogP) is 6.47. The monoisotopic (exact) mass is 525 g/mol. The van der Waals surface area contributed by atoms with Crippen molar-refractivity contribution in [1.82, 2.24) is 9.80 Å². The van der Waals surface area contributed by atoms with Crippen LogP contribution in [0.1, 0.15) is 41.9 Å². The number of benzene rings is 3. The number of hydrogen-bond donors (Lipinski definition) is 1. The van der Waals surface area contributed by atoms with Crippen molar-refractivity contribution in [3.05, 3.63) is 88.7 Å². The van der Waals surface area contributed by atoms with Gasteiger partial charge in [0.25, 0.3) is 0 Å². The minimum absolute atomic E-state index is 0.0229. The lowest BCUT2D eigenvalue weighted by Crippen LogP contribution is -2.32. The Balaban J connectivity index is 1.30. The van der Waals surface area contributed by atoms with Crippen LogP contribution in [-0.4, -0.2) is 49.4 Å². The summed E-state index contributed by atoms with van der Waals surface area (Å²) in [5.74, 6) is -2.91. The molecule has 3 aromatic rings. The molecule has 4 rings (SSSR count). The molecular formula is C30H34F3N3O2. The lowest BCUT2D eigenvalue weighted by molar-refractivity contribution is -0.116. The van der Waals surface area contributed by atoms with Crippen molar-refractivity contribution in [2.75, 3.05) is 39.0 Å². The Hall–Kier alpha value is -3.36. The van der Waals surface area contributed by atoms with E-state index < -0.39 is 17.5 Å². The van der Waals surface area contributed by atoms with Gasteiger partial charge < -0.3 is 15.0 Å². The van der Waals surface area contributed by atoms with Crippen molar-refractivity contribution in [3.8, 4) is 11.5 Å². The zero-order chi connectivity index (χ0) is 27.2. The Morgan fingerprint density at radius 3 is 2.34 bits per heavy atom. The number of amides is 1. The lowest BCUT2D eigenvalue weighted by atomic mass is 9.86. The minimum atomic E-state index is -1.25. The van der Waals surface area contributed by atoms with Crippen molar-refractivity contribution in [1.29, 1.82) is 0 Å². The maximum atomic E-state index is 13.9. The van der Waals surface area contributed by atoms with Gasteiger partial charge in [0.15, 0.2) is 23.2 Å². The van der Waals surface area contributed by atoms with E-state index in [2.05, 4.69) is 29.3 Å². The number of carbonyl (C=O) groups is 1. The molecule has 1 saturated heterocycles. The van der Waals surface area contributed by atoms with E-state index in [9.17, 15) is 18.0 Å². The highest BCUT2D eigenvalue weighted by molar-refractivity contribution is 5.91. The number of piperidine rings is 1. The van der Waals surface area contributed by atoms with Crippen LogP contribution in [-0.2, 0) is 11.3 Å². The standard InChI is InChI=1S/C30H34F3N3O2/c1-20-4-7-23(34-30(37)12-13-35(2)3)16-25(20)22-10-14-36(15-11-22)19-21-5-8-24(9-6-21)38-29-18-27(32)26(31)17-28(29)33/h4-9,16-18,22H,10-15,19H2,1-3H3,(H,34,37). The van der Waals surface area contributed by atoms with Gasteiger partial charge in [0.2, 0.25) is 5.91 Å². The summed E-state index contributed by atoms with van der Waals surface area (Å²) < 4.78 is 45.8. The molecule has 0 aliphatic carbocycles. The quantitative estimate of drug-likeness (QED) is 0.325. The van der Waals surface area contributed by atoms with Crippen LogP contribution in [0.3, 0.4) is 0 Å². The molecule has 0 bridgehead atoms. The molecule has 1 fully saturated rings. The van der Waals surface area contributed by atoms with E-state index >= 15 is 0 Å². The number of hydrogen-bond acceptors (Lipinski definition) is 4. The Morgan fingerprint density at radius 1 is 0.974 bits per heavy atom. The fraction of sp³-hybridized carbons (Fsp3) is 0.367. The average molecular weight is 526 g/mol. The number of nitrogens with one attached hydrogen (secondary N) is 1. The molecular weight excluding hydrogens is 491 g/mol. The molecule has 1 aliphatic heterocycles. The minimum Gasteiger partial charge on any atom is -0.454 e. The maximum absolute atomic E-state index is 13.9. The van der Waals surface area contributed by atoms with Crippen LogP contribution in [0.2, 0.25) is 0 Å². The van der Waals surface area contributed by atoms with Crippen LogP contribution < -0.4 is 10.1 Å². The number of rotatable bonds is 9. The SMILES string of the molecule is Cc1ccc(NC(=O)CCN(C)C)cc1C1CCN(Cc2ccc(Oc3cc(F)c(F)cc3F)cc2)CC1. The average Bonchev–Trinajstić information content (AvgIpc) is 2.89. The molecule has 1 N–H and O–H groups in total. The lowest BCUT2D eigenvalue weighted by Gasteiger charge is -2.33. The van der Waals surface area contributed by atoms with Crippen LogP contribution in [0, 0.1) is 24.4 Å². The fourth-order valence-electron chi connectivity index (χ4n) is 4.74. The fourth-order valence-corrected chi connectivity index (χ4v) is 4.74. The van der Waals surface area contributed by atoms with Gasteiger partial charge in [-0.05, 0) is 93.8 Å². The Labute approximate surface area is 222 Å². The number of halogens is 3. The molecule has 1 aliphatic rings. The first-order valence-electron chi connectivity index (χ1n) is 12.9. The first kappa shape index (κ1) is 27.7. The van der Waals surface area contributed by atoms with Gasteiger partial charge in [-0.3, -0.25) is 9.69 Å². The zero-order valence-electron chi connectivity index (χ0n) is 22.1. The van der Waals surface area contributed by atoms with E-state index in [-0.39, 0.29) is 11.7 Å². The van der Waals surface area contributed by atoms with Crippen LogP contribution in [0.4, 0.5) is 18.9 Å². The summed E-state index contributed by atoms with van der Waals surface area (Å²) in [6.45, 7) is 5.50. The zero-order valence-corrected chi connectivity index (χ0v) is 22.1. The number of likely N-dealkylation sites (tertiary alicyclic amines) is 1. The molecule has 1 heterocycles. The van der Waals surface area contributed by atoms with Crippen molar-refractivity contribution in [2.45, 2.75) is 38.6 Å². The van der Waals surface area contributed by atoms with Crippen molar-refractivity contribution >= 4 is 11.6 Å². The molecule has 202 valence electrons. The van der Waals surface area contributed by atoms with Gasteiger partial charge in [0, 0.05) is 37.3 Å². The third-order valence-corrected chi connectivity index (χ3v) is 6.91. The number of aryl methyl sites for hydroxylation is 1. The molecule has 0 aromatic heterocycles. The van der Waals surface area contributed by atoms with E-state index in [1.165, 1.54) is 11.1 Å².